The summed E-state index contributed by atoms with van der Waals surface area (Å²) in [5.41, 5.74) is -0.151. The van der Waals surface area contributed by atoms with Crippen molar-refractivity contribution in [3.63, 3.8) is 0 Å². The lowest BCUT2D eigenvalue weighted by molar-refractivity contribution is -0.387. The quantitative estimate of drug-likeness (QED) is 0.628. The van der Waals surface area contributed by atoms with Crippen LogP contribution in [0.5, 0.6) is 0 Å². The lowest BCUT2D eigenvalue weighted by atomic mass is 9.93. The number of likely N-dealkylation sites (tertiary alicyclic amines) is 1. The molecule has 1 aromatic rings. The molecule has 0 radical (unpaired) electrons. The Bertz CT molecular complexity index is 525. The molecule has 1 aliphatic rings. The van der Waals surface area contributed by atoms with Gasteiger partial charge in [0.25, 0.3) is 0 Å². The van der Waals surface area contributed by atoms with Crippen LogP contribution in [0, 0.1) is 21.8 Å². The molecule has 0 amide bonds. The number of piperidine rings is 1. The Balaban J connectivity index is 2.03. The maximum atomic E-state index is 14.0. The van der Waals surface area contributed by atoms with Crippen molar-refractivity contribution in [2.45, 2.75) is 26.3 Å². The fourth-order valence-corrected chi connectivity index (χ4v) is 2.57. The lowest BCUT2D eigenvalue weighted by Crippen LogP contribution is -2.35. The van der Waals surface area contributed by atoms with E-state index >= 15 is 0 Å². The minimum absolute atomic E-state index is 0.0983. The summed E-state index contributed by atoms with van der Waals surface area (Å²) in [7, 11) is 0. The molecule has 0 bridgehead atoms. The average molecular weight is 280 g/mol. The van der Waals surface area contributed by atoms with Crippen molar-refractivity contribution in [1.82, 2.24) is 4.90 Å². The van der Waals surface area contributed by atoms with E-state index in [9.17, 15) is 19.3 Å². The molecule has 6 heteroatoms. The van der Waals surface area contributed by atoms with Gasteiger partial charge in [0.1, 0.15) is 5.78 Å². The van der Waals surface area contributed by atoms with Crippen molar-refractivity contribution in [2.24, 2.45) is 5.92 Å². The molecule has 0 saturated carbocycles. The molecule has 2 rings (SSSR count). The number of hydrogen-bond acceptors (Lipinski definition) is 4. The van der Waals surface area contributed by atoms with E-state index < -0.39 is 16.4 Å². The van der Waals surface area contributed by atoms with Crippen LogP contribution in [0.1, 0.15) is 25.3 Å². The number of halogens is 1. The van der Waals surface area contributed by atoms with E-state index in [2.05, 4.69) is 0 Å². The Kier molecular flexibility index (Phi) is 4.44. The summed E-state index contributed by atoms with van der Waals surface area (Å²) in [6.07, 6.45) is 1.54. The van der Waals surface area contributed by atoms with E-state index in [1.807, 2.05) is 4.90 Å². The van der Waals surface area contributed by atoms with Crippen molar-refractivity contribution in [3.05, 3.63) is 39.7 Å². The topological polar surface area (TPSA) is 63.5 Å². The second-order valence-corrected chi connectivity index (χ2v) is 5.17. The number of carbonyl (C=O) groups excluding carboxylic acids is 1. The second kappa shape index (κ2) is 6.09. The number of ketones is 1. The van der Waals surface area contributed by atoms with Gasteiger partial charge >= 0.3 is 5.69 Å². The van der Waals surface area contributed by atoms with Crippen LogP contribution in [-0.4, -0.2) is 28.7 Å². The summed E-state index contributed by atoms with van der Waals surface area (Å²) in [5, 5.41) is 10.7. The largest absolute Gasteiger partial charge is 0.305 e. The number of benzene rings is 1. The van der Waals surface area contributed by atoms with Gasteiger partial charge in [0.15, 0.2) is 0 Å². The molecule has 0 spiro atoms. The van der Waals surface area contributed by atoms with Gasteiger partial charge in [-0.1, -0.05) is 12.1 Å². The zero-order valence-electron chi connectivity index (χ0n) is 11.3. The van der Waals surface area contributed by atoms with Crippen LogP contribution >= 0.6 is 0 Å². The molecular formula is C14H17FN2O3. The van der Waals surface area contributed by atoms with E-state index in [1.54, 1.807) is 13.0 Å². The van der Waals surface area contributed by atoms with Gasteiger partial charge in [-0.3, -0.25) is 19.8 Å². The minimum atomic E-state index is -0.758. The highest BCUT2D eigenvalue weighted by Crippen LogP contribution is 2.24. The van der Waals surface area contributed by atoms with Gasteiger partial charge in [-0.15, -0.1) is 0 Å². The van der Waals surface area contributed by atoms with Crippen molar-refractivity contribution in [2.75, 3.05) is 13.1 Å². The monoisotopic (exact) mass is 280 g/mol. The Morgan fingerprint density at radius 3 is 2.65 bits per heavy atom. The molecule has 108 valence electrons. The fourth-order valence-electron chi connectivity index (χ4n) is 2.57. The summed E-state index contributed by atoms with van der Waals surface area (Å²) < 4.78 is 14.0. The smallest absolute Gasteiger partial charge is 0.300 e. The maximum Gasteiger partial charge on any atom is 0.305 e. The first-order chi connectivity index (χ1) is 9.49. The van der Waals surface area contributed by atoms with Crippen LogP contribution in [0.4, 0.5) is 10.1 Å². The standard InChI is InChI=1S/C14H17FN2O3/c1-10(18)11-5-7-16(8-6-11)9-12-3-2-4-13(14(12)15)17(19)20/h2-4,11H,5-9H2,1H3. The van der Waals surface area contributed by atoms with Crippen LogP contribution < -0.4 is 0 Å². The predicted molar refractivity (Wildman–Crippen MR) is 71.7 cm³/mol. The molecule has 1 aliphatic heterocycles. The molecule has 0 N–H and O–H groups in total. The van der Waals surface area contributed by atoms with Gasteiger partial charge in [0.2, 0.25) is 5.82 Å². The molecule has 0 aliphatic carbocycles. The fraction of sp³-hybridized carbons (Fsp3) is 0.500. The van der Waals surface area contributed by atoms with Crippen LogP contribution in [0.2, 0.25) is 0 Å². The molecule has 1 saturated heterocycles. The molecule has 20 heavy (non-hydrogen) atoms. The average Bonchev–Trinajstić information content (AvgIpc) is 2.41. The van der Waals surface area contributed by atoms with Crippen LogP contribution in [0.25, 0.3) is 0 Å². The maximum absolute atomic E-state index is 14.0. The Morgan fingerprint density at radius 2 is 2.10 bits per heavy atom. The first-order valence-corrected chi connectivity index (χ1v) is 6.63. The third-order valence-corrected chi connectivity index (χ3v) is 3.81. The molecule has 1 fully saturated rings. The first-order valence-electron chi connectivity index (χ1n) is 6.63. The lowest BCUT2D eigenvalue weighted by Gasteiger charge is -2.30. The predicted octanol–water partition coefficient (Wildman–Crippen LogP) is 2.53. The summed E-state index contributed by atoms with van der Waals surface area (Å²) >= 11 is 0. The highest BCUT2D eigenvalue weighted by Gasteiger charge is 2.24. The summed E-state index contributed by atoms with van der Waals surface area (Å²) in [6, 6.07) is 4.24. The highest BCUT2D eigenvalue weighted by molar-refractivity contribution is 5.78. The van der Waals surface area contributed by atoms with E-state index in [1.165, 1.54) is 12.1 Å². The number of carbonyl (C=O) groups is 1. The van der Waals surface area contributed by atoms with Crippen molar-refractivity contribution in [1.29, 1.82) is 0 Å². The normalized spacial score (nSPS) is 17.1. The molecule has 1 heterocycles. The molecular weight excluding hydrogens is 263 g/mol. The van der Waals surface area contributed by atoms with Crippen molar-refractivity contribution in [3.8, 4) is 0 Å². The molecule has 0 atom stereocenters. The van der Waals surface area contributed by atoms with Crippen molar-refractivity contribution >= 4 is 11.5 Å². The van der Waals surface area contributed by atoms with E-state index in [0.29, 0.717) is 25.2 Å². The number of rotatable bonds is 4. The van der Waals surface area contributed by atoms with Gasteiger partial charge in [-0.05, 0) is 32.9 Å². The Hall–Kier alpha value is -1.82. The minimum Gasteiger partial charge on any atom is -0.300 e. The number of hydrogen-bond donors (Lipinski definition) is 0. The van der Waals surface area contributed by atoms with Crippen LogP contribution in [0.15, 0.2) is 18.2 Å². The zero-order chi connectivity index (χ0) is 14.7. The number of Topliss-reactive ketones (excluding diaryl/α,β-unsaturated/α-hetero) is 1. The second-order valence-electron chi connectivity index (χ2n) is 5.17. The van der Waals surface area contributed by atoms with Gasteiger partial charge in [0, 0.05) is 24.1 Å². The van der Waals surface area contributed by atoms with Crippen molar-refractivity contribution < 1.29 is 14.1 Å². The molecule has 5 nitrogen and oxygen atoms in total. The van der Waals surface area contributed by atoms with Crippen LogP contribution in [-0.2, 0) is 11.3 Å². The number of nitrogens with zero attached hydrogens (tertiary/aromatic N) is 2. The van der Waals surface area contributed by atoms with E-state index in [-0.39, 0.29) is 11.7 Å². The van der Waals surface area contributed by atoms with Gasteiger partial charge in [0.05, 0.1) is 4.92 Å². The highest BCUT2D eigenvalue weighted by atomic mass is 19.1. The van der Waals surface area contributed by atoms with Crippen LogP contribution in [0.3, 0.4) is 0 Å². The number of nitro benzene ring substituents is 1. The first kappa shape index (κ1) is 14.6. The van der Waals surface area contributed by atoms with Gasteiger partial charge in [-0.25, -0.2) is 0 Å². The third kappa shape index (κ3) is 3.19. The van der Waals surface area contributed by atoms with E-state index in [0.717, 1.165) is 12.8 Å². The van der Waals surface area contributed by atoms with Gasteiger partial charge < -0.3 is 0 Å². The third-order valence-electron chi connectivity index (χ3n) is 3.81. The molecule has 0 aromatic heterocycles. The van der Waals surface area contributed by atoms with E-state index in [4.69, 9.17) is 0 Å². The Morgan fingerprint density at radius 1 is 1.45 bits per heavy atom. The summed E-state index contributed by atoms with van der Waals surface area (Å²) in [4.78, 5) is 23.3. The van der Waals surface area contributed by atoms with Gasteiger partial charge in [-0.2, -0.15) is 4.39 Å². The Labute approximate surface area is 116 Å². The molecule has 0 unspecified atom stereocenters. The summed E-state index contributed by atoms with van der Waals surface area (Å²) in [6.45, 7) is 3.37. The summed E-state index contributed by atoms with van der Waals surface area (Å²) in [5.74, 6) is -0.460. The SMILES string of the molecule is CC(=O)C1CCN(Cc2cccc([N+](=O)[O-])c2F)CC1. The molecule has 1 aromatic carbocycles. The zero-order valence-corrected chi connectivity index (χ0v) is 11.3. The number of nitro groups is 1.